The minimum atomic E-state index is 0.732. The molecule has 2 aromatic carbocycles. The van der Waals surface area contributed by atoms with Crippen LogP contribution in [0, 0.1) is 0 Å². The molecular formula is C18H11BN2S. The van der Waals surface area contributed by atoms with Crippen LogP contribution >= 0.6 is 11.3 Å². The van der Waals surface area contributed by atoms with Crippen molar-refractivity contribution in [1.82, 2.24) is 9.97 Å². The fourth-order valence-corrected chi connectivity index (χ4v) is 3.42. The quantitative estimate of drug-likeness (QED) is 0.526. The molecule has 2 nitrogen and oxygen atoms in total. The Labute approximate surface area is 133 Å². The molecule has 0 aliphatic rings. The van der Waals surface area contributed by atoms with Crippen molar-refractivity contribution in [3.05, 3.63) is 67.0 Å². The van der Waals surface area contributed by atoms with Gasteiger partial charge >= 0.3 is 0 Å². The van der Waals surface area contributed by atoms with E-state index in [1.807, 2.05) is 48.7 Å². The number of fused-ring (bicyclic) bond motifs is 1. The fraction of sp³-hybridized carbons (Fsp3) is 0. The summed E-state index contributed by atoms with van der Waals surface area (Å²) in [6.45, 7) is 0. The van der Waals surface area contributed by atoms with E-state index >= 15 is 0 Å². The van der Waals surface area contributed by atoms with Crippen LogP contribution in [0.2, 0.25) is 0 Å². The molecule has 0 N–H and O–H groups in total. The lowest BCUT2D eigenvalue weighted by molar-refractivity contribution is 1.33. The predicted molar refractivity (Wildman–Crippen MR) is 93.7 cm³/mol. The third kappa shape index (κ3) is 2.42. The molecule has 2 aromatic heterocycles. The molecule has 0 unspecified atom stereocenters. The van der Waals surface area contributed by atoms with E-state index in [9.17, 15) is 0 Å². The molecule has 2 heterocycles. The number of thiazole rings is 1. The standard InChI is InChI=1S/C18H11BN2S/c19-15-9-13(12-4-3-7-20-11-12)8-14(10-15)18-21-16-5-1-2-6-17(16)22-18/h1-11H. The van der Waals surface area contributed by atoms with Gasteiger partial charge in [-0.25, -0.2) is 4.98 Å². The maximum Gasteiger partial charge on any atom is 0.124 e. The largest absolute Gasteiger partial charge is 0.264 e. The second-order valence-corrected chi connectivity index (χ2v) is 6.10. The number of para-hydroxylation sites is 1. The van der Waals surface area contributed by atoms with Crippen molar-refractivity contribution in [1.29, 1.82) is 0 Å². The number of benzene rings is 2. The van der Waals surface area contributed by atoms with Crippen LogP contribution in [0.25, 0.3) is 31.9 Å². The summed E-state index contributed by atoms with van der Waals surface area (Å²) in [5.74, 6) is 0. The average Bonchev–Trinajstić information content (AvgIpc) is 2.99. The molecular weight excluding hydrogens is 287 g/mol. The van der Waals surface area contributed by atoms with E-state index in [0.29, 0.717) is 0 Å². The first-order valence-electron chi connectivity index (χ1n) is 6.96. The molecule has 0 saturated heterocycles. The average molecular weight is 298 g/mol. The summed E-state index contributed by atoms with van der Waals surface area (Å²) >= 11 is 1.68. The number of aromatic nitrogens is 2. The third-order valence-corrected chi connectivity index (χ3v) is 4.58. The summed E-state index contributed by atoms with van der Waals surface area (Å²) in [4.78, 5) is 8.88. The molecule has 0 aliphatic carbocycles. The predicted octanol–water partition coefficient (Wildman–Crippen LogP) is 3.82. The third-order valence-electron chi connectivity index (χ3n) is 3.49. The zero-order chi connectivity index (χ0) is 14.9. The minimum Gasteiger partial charge on any atom is -0.264 e. The van der Waals surface area contributed by atoms with E-state index in [2.05, 4.69) is 17.1 Å². The molecule has 0 fully saturated rings. The van der Waals surface area contributed by atoms with Gasteiger partial charge in [-0.2, -0.15) is 0 Å². The summed E-state index contributed by atoms with van der Waals surface area (Å²) in [7, 11) is 6.08. The van der Waals surface area contributed by atoms with Gasteiger partial charge < -0.3 is 0 Å². The maximum absolute atomic E-state index is 6.08. The summed E-state index contributed by atoms with van der Waals surface area (Å²) < 4.78 is 1.18. The van der Waals surface area contributed by atoms with E-state index in [4.69, 9.17) is 12.8 Å². The minimum absolute atomic E-state index is 0.732. The van der Waals surface area contributed by atoms with Gasteiger partial charge in [-0.3, -0.25) is 4.98 Å². The van der Waals surface area contributed by atoms with Crippen LogP contribution in [0.15, 0.2) is 67.0 Å². The SMILES string of the molecule is [B]c1cc(-c2cccnc2)cc(-c2nc3ccccc3s2)c1. The molecule has 0 saturated carbocycles. The number of nitrogens with zero attached hydrogens (tertiary/aromatic N) is 2. The number of pyridine rings is 1. The van der Waals surface area contributed by atoms with Crippen molar-refractivity contribution in [3.63, 3.8) is 0 Å². The molecule has 0 spiro atoms. The lowest BCUT2D eigenvalue weighted by Gasteiger charge is -2.06. The summed E-state index contributed by atoms with van der Waals surface area (Å²) in [5, 5.41) is 0.985. The lowest BCUT2D eigenvalue weighted by Crippen LogP contribution is -2.02. The van der Waals surface area contributed by atoms with E-state index in [1.54, 1.807) is 17.5 Å². The summed E-state index contributed by atoms with van der Waals surface area (Å²) in [6.07, 6.45) is 3.61. The molecule has 22 heavy (non-hydrogen) atoms. The van der Waals surface area contributed by atoms with Gasteiger partial charge in [0.25, 0.3) is 0 Å². The highest BCUT2D eigenvalue weighted by Gasteiger charge is 2.08. The Morgan fingerprint density at radius 1 is 0.864 bits per heavy atom. The maximum atomic E-state index is 6.08. The highest BCUT2D eigenvalue weighted by molar-refractivity contribution is 7.21. The van der Waals surface area contributed by atoms with Crippen molar-refractivity contribution in [2.75, 3.05) is 0 Å². The second-order valence-electron chi connectivity index (χ2n) is 5.07. The Bertz CT molecular complexity index is 915. The Morgan fingerprint density at radius 3 is 2.55 bits per heavy atom. The van der Waals surface area contributed by atoms with Crippen LogP contribution in [0.4, 0.5) is 0 Å². The summed E-state index contributed by atoms with van der Waals surface area (Å²) in [6, 6.07) is 18.2. The number of rotatable bonds is 2. The monoisotopic (exact) mass is 298 g/mol. The molecule has 0 bridgehead atoms. The molecule has 2 radical (unpaired) electrons. The highest BCUT2D eigenvalue weighted by atomic mass is 32.1. The van der Waals surface area contributed by atoms with E-state index < -0.39 is 0 Å². The van der Waals surface area contributed by atoms with Gasteiger partial charge in [-0.1, -0.05) is 35.8 Å². The molecule has 4 rings (SSSR count). The summed E-state index contributed by atoms with van der Waals surface area (Å²) in [5.41, 5.74) is 4.91. The van der Waals surface area contributed by atoms with Crippen LogP contribution < -0.4 is 5.46 Å². The van der Waals surface area contributed by atoms with Gasteiger partial charge in [0.1, 0.15) is 12.9 Å². The van der Waals surface area contributed by atoms with Crippen LogP contribution in [0.5, 0.6) is 0 Å². The van der Waals surface area contributed by atoms with E-state index in [0.717, 1.165) is 32.7 Å². The number of hydrogen-bond acceptors (Lipinski definition) is 3. The van der Waals surface area contributed by atoms with E-state index in [-0.39, 0.29) is 0 Å². The lowest BCUT2D eigenvalue weighted by atomic mass is 9.90. The smallest absolute Gasteiger partial charge is 0.124 e. The van der Waals surface area contributed by atoms with E-state index in [1.165, 1.54) is 4.70 Å². The molecule has 0 amide bonds. The molecule has 4 heteroatoms. The first-order valence-corrected chi connectivity index (χ1v) is 7.78. The number of hydrogen-bond donors (Lipinski definition) is 0. The first kappa shape index (κ1) is 13.2. The zero-order valence-corrected chi connectivity index (χ0v) is 12.5. The highest BCUT2D eigenvalue weighted by Crippen LogP contribution is 2.31. The zero-order valence-electron chi connectivity index (χ0n) is 11.7. The van der Waals surface area contributed by atoms with Gasteiger partial charge in [0.05, 0.1) is 10.2 Å². The Balaban J connectivity index is 1.86. The fourth-order valence-electron chi connectivity index (χ4n) is 2.47. The van der Waals surface area contributed by atoms with Crippen LogP contribution in [-0.2, 0) is 0 Å². The van der Waals surface area contributed by atoms with Crippen molar-refractivity contribution in [2.24, 2.45) is 0 Å². The van der Waals surface area contributed by atoms with Gasteiger partial charge in [0.2, 0.25) is 0 Å². The normalized spacial score (nSPS) is 10.9. The second kappa shape index (κ2) is 5.39. The van der Waals surface area contributed by atoms with Crippen molar-refractivity contribution < 1.29 is 0 Å². The Hall–Kier alpha value is -2.46. The Kier molecular flexibility index (Phi) is 3.24. The first-order chi connectivity index (χ1) is 10.8. The molecule has 0 aliphatic heterocycles. The molecule has 4 aromatic rings. The molecule has 102 valence electrons. The van der Waals surface area contributed by atoms with Crippen LogP contribution in [-0.4, -0.2) is 17.8 Å². The topological polar surface area (TPSA) is 25.8 Å². The van der Waals surface area contributed by atoms with Crippen molar-refractivity contribution >= 4 is 34.9 Å². The van der Waals surface area contributed by atoms with Crippen molar-refractivity contribution in [2.45, 2.75) is 0 Å². The van der Waals surface area contributed by atoms with Gasteiger partial charge in [-0.05, 0) is 35.4 Å². The van der Waals surface area contributed by atoms with Crippen LogP contribution in [0.1, 0.15) is 0 Å². The van der Waals surface area contributed by atoms with Crippen molar-refractivity contribution in [3.8, 4) is 21.7 Å². The van der Waals surface area contributed by atoms with Gasteiger partial charge in [-0.15, -0.1) is 11.3 Å². The molecule has 0 atom stereocenters. The Morgan fingerprint density at radius 2 is 1.73 bits per heavy atom. The van der Waals surface area contributed by atoms with Crippen LogP contribution in [0.3, 0.4) is 0 Å². The van der Waals surface area contributed by atoms with Gasteiger partial charge in [0.15, 0.2) is 0 Å². The van der Waals surface area contributed by atoms with Gasteiger partial charge in [0, 0.05) is 18.0 Å².